The molecule has 0 amide bonds. The van der Waals surface area contributed by atoms with E-state index in [-0.39, 0.29) is 0 Å². The number of rotatable bonds is 4. The first-order valence-electron chi connectivity index (χ1n) is 9.52. The molecule has 0 aliphatic rings. The molecule has 0 spiro atoms. The van der Waals surface area contributed by atoms with Gasteiger partial charge in [-0.1, -0.05) is 60.7 Å². The summed E-state index contributed by atoms with van der Waals surface area (Å²) in [4.78, 5) is 0. The van der Waals surface area contributed by atoms with Crippen LogP contribution in [0.2, 0.25) is 0 Å². The van der Waals surface area contributed by atoms with Crippen molar-refractivity contribution in [1.82, 2.24) is 14.9 Å². The molecule has 5 aromatic rings. The van der Waals surface area contributed by atoms with Crippen LogP contribution in [0.5, 0.6) is 5.75 Å². The largest absolute Gasteiger partial charge is 0.496 e. The molecule has 1 heterocycles. The van der Waals surface area contributed by atoms with E-state index in [1.165, 1.54) is 10.8 Å². The van der Waals surface area contributed by atoms with E-state index in [0.717, 1.165) is 21.9 Å². The smallest absolute Gasteiger partial charge is 0.216 e. The van der Waals surface area contributed by atoms with Gasteiger partial charge in [0.25, 0.3) is 0 Å². The number of aromatic amines is 1. The summed E-state index contributed by atoms with van der Waals surface area (Å²) in [6.45, 7) is 0. The van der Waals surface area contributed by atoms with Crippen molar-refractivity contribution in [3.05, 3.63) is 89.2 Å². The second-order valence-corrected chi connectivity index (χ2v) is 7.23. The summed E-state index contributed by atoms with van der Waals surface area (Å²) in [5.74, 6) is 1.30. The Morgan fingerprint density at radius 1 is 0.933 bits per heavy atom. The van der Waals surface area contributed by atoms with Crippen LogP contribution < -0.4 is 4.74 Å². The van der Waals surface area contributed by atoms with Gasteiger partial charge in [0.05, 0.1) is 18.9 Å². The third kappa shape index (κ3) is 3.07. The molecule has 146 valence electrons. The van der Waals surface area contributed by atoms with Crippen molar-refractivity contribution in [2.45, 2.75) is 0 Å². The summed E-state index contributed by atoms with van der Waals surface area (Å²) in [7, 11) is 1.63. The minimum absolute atomic E-state index is 0.414. The van der Waals surface area contributed by atoms with Gasteiger partial charge < -0.3 is 4.74 Å². The lowest BCUT2D eigenvalue weighted by Crippen LogP contribution is -1.98. The Morgan fingerprint density at radius 2 is 1.57 bits per heavy atom. The van der Waals surface area contributed by atoms with Crippen LogP contribution >= 0.6 is 12.2 Å². The Bertz CT molecular complexity index is 1410. The first-order valence-corrected chi connectivity index (χ1v) is 9.93. The van der Waals surface area contributed by atoms with E-state index in [2.05, 4.69) is 40.5 Å². The van der Waals surface area contributed by atoms with Gasteiger partial charge in [0.15, 0.2) is 5.82 Å². The van der Waals surface area contributed by atoms with Gasteiger partial charge in [-0.25, -0.2) is 5.10 Å². The first-order chi connectivity index (χ1) is 14.8. The zero-order chi connectivity index (χ0) is 20.5. The van der Waals surface area contributed by atoms with Gasteiger partial charge in [-0.05, 0) is 52.0 Å². The zero-order valence-electron chi connectivity index (χ0n) is 16.2. The summed E-state index contributed by atoms with van der Waals surface area (Å²) in [5.41, 5.74) is 1.85. The summed E-state index contributed by atoms with van der Waals surface area (Å²) >= 11 is 5.45. The van der Waals surface area contributed by atoms with E-state index in [1.807, 2.05) is 54.7 Å². The second kappa shape index (κ2) is 7.57. The highest BCUT2D eigenvalue weighted by molar-refractivity contribution is 7.71. The maximum atomic E-state index is 5.49. The van der Waals surface area contributed by atoms with Crippen molar-refractivity contribution in [2.24, 2.45) is 5.10 Å². The van der Waals surface area contributed by atoms with Crippen molar-refractivity contribution in [1.29, 1.82) is 0 Å². The molecule has 0 fully saturated rings. The van der Waals surface area contributed by atoms with Crippen LogP contribution in [-0.4, -0.2) is 28.2 Å². The van der Waals surface area contributed by atoms with E-state index in [0.29, 0.717) is 16.3 Å². The van der Waals surface area contributed by atoms with E-state index in [4.69, 9.17) is 22.1 Å². The molecule has 0 unspecified atom stereocenters. The zero-order valence-corrected chi connectivity index (χ0v) is 17.1. The fourth-order valence-electron chi connectivity index (χ4n) is 3.71. The highest BCUT2D eigenvalue weighted by Gasteiger charge is 2.13. The lowest BCUT2D eigenvalue weighted by molar-refractivity contribution is 0.416. The molecule has 30 heavy (non-hydrogen) atoms. The Kier molecular flexibility index (Phi) is 4.61. The van der Waals surface area contributed by atoms with Crippen LogP contribution in [0, 0.1) is 4.77 Å². The quantitative estimate of drug-likeness (QED) is 0.231. The topological polar surface area (TPSA) is 55.2 Å². The molecule has 0 atom stereocenters. The first kappa shape index (κ1) is 18.3. The Balaban J connectivity index is 1.71. The Hall–Kier alpha value is -3.77. The molecular formula is C24H18N4OS. The number of fused-ring (bicyclic) bond motifs is 2. The molecule has 6 heteroatoms. The molecule has 0 saturated carbocycles. The average molecular weight is 411 g/mol. The molecule has 5 rings (SSSR count). The average Bonchev–Trinajstić information content (AvgIpc) is 3.16. The van der Waals surface area contributed by atoms with Crippen LogP contribution in [0.25, 0.3) is 32.9 Å². The molecule has 0 saturated heterocycles. The Morgan fingerprint density at radius 3 is 2.27 bits per heavy atom. The van der Waals surface area contributed by atoms with Crippen LogP contribution in [0.15, 0.2) is 84.0 Å². The van der Waals surface area contributed by atoms with Gasteiger partial charge in [0.2, 0.25) is 4.77 Å². The van der Waals surface area contributed by atoms with E-state index < -0.39 is 0 Å². The number of para-hydroxylation sites is 1. The number of hydrogen-bond donors (Lipinski definition) is 1. The minimum atomic E-state index is 0.414. The number of nitrogens with one attached hydrogen (secondary N) is 1. The van der Waals surface area contributed by atoms with Crippen LogP contribution in [0.3, 0.4) is 0 Å². The van der Waals surface area contributed by atoms with Crippen molar-refractivity contribution < 1.29 is 4.74 Å². The molecule has 0 aliphatic carbocycles. The fraction of sp³-hybridized carbons (Fsp3) is 0.0417. The monoisotopic (exact) mass is 410 g/mol. The number of nitrogens with zero attached hydrogens (tertiary/aromatic N) is 3. The maximum absolute atomic E-state index is 5.49. The highest BCUT2D eigenvalue weighted by atomic mass is 32.1. The van der Waals surface area contributed by atoms with E-state index >= 15 is 0 Å². The molecule has 4 aromatic carbocycles. The fourth-order valence-corrected chi connectivity index (χ4v) is 3.89. The van der Waals surface area contributed by atoms with Crippen molar-refractivity contribution >= 4 is 40.0 Å². The van der Waals surface area contributed by atoms with E-state index in [9.17, 15) is 0 Å². The molecule has 0 aliphatic heterocycles. The van der Waals surface area contributed by atoms with Crippen molar-refractivity contribution in [3.63, 3.8) is 0 Å². The minimum Gasteiger partial charge on any atom is -0.496 e. The highest BCUT2D eigenvalue weighted by Crippen LogP contribution is 2.29. The standard InChI is InChI=1S/C24H18N4OS/c1-29-22-13-7-6-12-20(22)23-26-27-24(30)28(23)25-15-21-18-10-4-2-8-16(18)14-17-9-3-5-11-19(17)21/h2-15H,1H3,(H,27,30)/b25-15-. The lowest BCUT2D eigenvalue weighted by Gasteiger charge is -2.09. The number of hydrogen-bond acceptors (Lipinski definition) is 4. The van der Waals surface area contributed by atoms with Gasteiger partial charge in [-0.2, -0.15) is 14.9 Å². The van der Waals surface area contributed by atoms with Crippen molar-refractivity contribution in [2.75, 3.05) is 7.11 Å². The van der Waals surface area contributed by atoms with Crippen molar-refractivity contribution in [3.8, 4) is 17.1 Å². The number of ether oxygens (including phenoxy) is 1. The number of H-pyrrole nitrogens is 1. The molecule has 1 N–H and O–H groups in total. The third-order valence-electron chi connectivity index (χ3n) is 5.11. The van der Waals surface area contributed by atoms with Gasteiger partial charge in [-0.3, -0.25) is 0 Å². The van der Waals surface area contributed by atoms with E-state index in [1.54, 1.807) is 11.8 Å². The predicted octanol–water partition coefficient (Wildman–Crippen LogP) is 5.80. The predicted molar refractivity (Wildman–Crippen MR) is 124 cm³/mol. The molecule has 0 bridgehead atoms. The van der Waals surface area contributed by atoms with Gasteiger partial charge in [-0.15, -0.1) is 0 Å². The Labute approximate surface area is 178 Å². The second-order valence-electron chi connectivity index (χ2n) is 6.84. The van der Waals surface area contributed by atoms with Crippen LogP contribution in [0.1, 0.15) is 5.56 Å². The lowest BCUT2D eigenvalue weighted by atomic mass is 9.97. The number of benzene rings is 4. The van der Waals surface area contributed by atoms with Crippen LogP contribution in [-0.2, 0) is 0 Å². The van der Waals surface area contributed by atoms with Crippen LogP contribution in [0.4, 0.5) is 0 Å². The van der Waals surface area contributed by atoms with Gasteiger partial charge in [0, 0.05) is 5.56 Å². The number of methoxy groups -OCH3 is 1. The molecular weight excluding hydrogens is 392 g/mol. The number of aromatic nitrogens is 3. The normalized spacial score (nSPS) is 11.5. The molecule has 1 aromatic heterocycles. The maximum Gasteiger partial charge on any atom is 0.216 e. The summed E-state index contributed by atoms with van der Waals surface area (Å²) in [5, 5.41) is 16.6. The van der Waals surface area contributed by atoms with Gasteiger partial charge >= 0.3 is 0 Å². The molecule has 0 radical (unpaired) electrons. The van der Waals surface area contributed by atoms with Gasteiger partial charge in [0.1, 0.15) is 5.75 Å². The summed E-state index contributed by atoms with van der Waals surface area (Å²) in [6.07, 6.45) is 1.86. The third-order valence-corrected chi connectivity index (χ3v) is 5.38. The summed E-state index contributed by atoms with van der Waals surface area (Å²) < 4.78 is 7.53. The SMILES string of the molecule is COc1ccccc1-c1n[nH]c(=S)n1/N=C\c1c2ccccc2cc2ccccc12. The summed E-state index contributed by atoms with van der Waals surface area (Å²) in [6, 6.07) is 26.5. The molecule has 5 nitrogen and oxygen atoms in total.